The third-order valence-corrected chi connectivity index (χ3v) is 4.08. The fraction of sp³-hybridized carbons (Fsp3) is 0.0769. The first-order valence-electron chi connectivity index (χ1n) is 5.37. The summed E-state index contributed by atoms with van der Waals surface area (Å²) in [6.45, 7) is 0. The van der Waals surface area contributed by atoms with Crippen molar-refractivity contribution in [3.05, 3.63) is 51.3 Å². The number of benzene rings is 1. The molecule has 3 nitrogen and oxygen atoms in total. The van der Waals surface area contributed by atoms with Crippen LogP contribution in [0, 0.1) is 0 Å². The first kappa shape index (κ1) is 11.4. The summed E-state index contributed by atoms with van der Waals surface area (Å²) >= 11 is 7.53. The van der Waals surface area contributed by atoms with Gasteiger partial charge >= 0.3 is 0 Å². The van der Waals surface area contributed by atoms with E-state index >= 15 is 0 Å². The molecule has 0 spiro atoms. The number of rotatable bonds is 1. The highest BCUT2D eigenvalue weighted by atomic mass is 35.5. The number of halogens is 1. The normalized spacial score (nSPS) is 11.0. The molecular weight excluding hydrogens is 268 g/mol. The number of nitrogens with zero attached hydrogens (tertiary/aromatic N) is 2. The molecule has 1 aromatic carbocycles. The molecule has 0 aliphatic rings. The lowest BCUT2D eigenvalue weighted by Crippen LogP contribution is -2.18. The SMILES string of the molecule is Cn1c(Cl)nc2ccc(-c3cccs3)cc2c1=O. The Morgan fingerprint density at radius 1 is 1.33 bits per heavy atom. The zero-order valence-corrected chi connectivity index (χ0v) is 11.1. The van der Waals surface area contributed by atoms with E-state index in [1.807, 2.05) is 35.7 Å². The molecule has 3 aromatic rings. The third-order valence-electron chi connectivity index (χ3n) is 2.83. The summed E-state index contributed by atoms with van der Waals surface area (Å²) < 4.78 is 1.35. The quantitative estimate of drug-likeness (QED) is 0.639. The van der Waals surface area contributed by atoms with E-state index in [0.29, 0.717) is 10.9 Å². The van der Waals surface area contributed by atoms with Gasteiger partial charge in [-0.25, -0.2) is 4.98 Å². The number of fused-ring (bicyclic) bond motifs is 1. The van der Waals surface area contributed by atoms with Crippen molar-refractivity contribution in [1.82, 2.24) is 9.55 Å². The molecule has 3 rings (SSSR count). The van der Waals surface area contributed by atoms with Crippen molar-refractivity contribution in [1.29, 1.82) is 0 Å². The molecule has 0 atom stereocenters. The minimum absolute atomic E-state index is 0.122. The Morgan fingerprint density at radius 2 is 2.17 bits per heavy atom. The highest BCUT2D eigenvalue weighted by Gasteiger charge is 2.08. The Morgan fingerprint density at radius 3 is 2.89 bits per heavy atom. The summed E-state index contributed by atoms with van der Waals surface area (Å²) in [6.07, 6.45) is 0. The fourth-order valence-electron chi connectivity index (χ4n) is 1.84. The highest BCUT2D eigenvalue weighted by Crippen LogP contribution is 2.26. The van der Waals surface area contributed by atoms with Crippen molar-refractivity contribution in [2.24, 2.45) is 7.05 Å². The van der Waals surface area contributed by atoms with Crippen LogP contribution in [0.5, 0.6) is 0 Å². The minimum atomic E-state index is -0.122. The predicted molar refractivity (Wildman–Crippen MR) is 75.3 cm³/mol. The molecule has 0 N–H and O–H groups in total. The van der Waals surface area contributed by atoms with Crippen LogP contribution in [0.1, 0.15) is 0 Å². The smallest absolute Gasteiger partial charge is 0.262 e. The van der Waals surface area contributed by atoms with Gasteiger partial charge < -0.3 is 0 Å². The molecule has 0 saturated heterocycles. The zero-order valence-electron chi connectivity index (χ0n) is 9.55. The van der Waals surface area contributed by atoms with Gasteiger partial charge in [-0.3, -0.25) is 9.36 Å². The molecule has 0 fully saturated rings. The van der Waals surface area contributed by atoms with E-state index in [2.05, 4.69) is 4.98 Å². The summed E-state index contributed by atoms with van der Waals surface area (Å²) in [4.78, 5) is 17.4. The van der Waals surface area contributed by atoms with Crippen LogP contribution in [0.3, 0.4) is 0 Å². The maximum atomic E-state index is 12.1. The Labute approximate surface area is 112 Å². The van der Waals surface area contributed by atoms with Gasteiger partial charge in [-0.2, -0.15) is 0 Å². The Hall–Kier alpha value is -1.65. The summed E-state index contributed by atoms with van der Waals surface area (Å²) in [7, 11) is 1.62. The van der Waals surface area contributed by atoms with Crippen LogP contribution in [0.15, 0.2) is 40.5 Å². The van der Waals surface area contributed by atoms with E-state index in [1.54, 1.807) is 18.4 Å². The van der Waals surface area contributed by atoms with Crippen LogP contribution in [-0.4, -0.2) is 9.55 Å². The average Bonchev–Trinajstić information content (AvgIpc) is 2.90. The van der Waals surface area contributed by atoms with Gasteiger partial charge in [0.1, 0.15) is 0 Å². The lowest BCUT2D eigenvalue weighted by Gasteiger charge is -2.05. The third kappa shape index (κ3) is 1.74. The molecule has 18 heavy (non-hydrogen) atoms. The molecule has 0 bridgehead atoms. The van der Waals surface area contributed by atoms with Crippen molar-refractivity contribution in [2.45, 2.75) is 0 Å². The van der Waals surface area contributed by atoms with E-state index in [0.717, 1.165) is 10.4 Å². The molecule has 0 radical (unpaired) electrons. The second-order valence-corrected chi connectivity index (χ2v) is 5.24. The van der Waals surface area contributed by atoms with Crippen molar-refractivity contribution in [2.75, 3.05) is 0 Å². The van der Waals surface area contributed by atoms with Gasteiger partial charge in [0, 0.05) is 11.9 Å². The van der Waals surface area contributed by atoms with Crippen molar-refractivity contribution in [3.8, 4) is 10.4 Å². The molecule has 0 amide bonds. The summed E-state index contributed by atoms with van der Waals surface area (Å²) in [5.41, 5.74) is 1.53. The van der Waals surface area contributed by atoms with Gasteiger partial charge in [0.2, 0.25) is 5.28 Å². The second-order valence-electron chi connectivity index (χ2n) is 3.95. The van der Waals surface area contributed by atoms with Gasteiger partial charge in [-0.15, -0.1) is 11.3 Å². The Bertz CT molecular complexity index is 778. The van der Waals surface area contributed by atoms with Crippen molar-refractivity contribution in [3.63, 3.8) is 0 Å². The van der Waals surface area contributed by atoms with Crippen LogP contribution in [-0.2, 0) is 7.05 Å². The number of aromatic nitrogens is 2. The molecule has 0 aliphatic heterocycles. The topological polar surface area (TPSA) is 34.9 Å². The maximum absolute atomic E-state index is 12.1. The van der Waals surface area contributed by atoms with Crippen LogP contribution in [0.4, 0.5) is 0 Å². The number of hydrogen-bond donors (Lipinski definition) is 0. The number of thiophene rings is 1. The number of hydrogen-bond acceptors (Lipinski definition) is 3. The van der Waals surface area contributed by atoms with E-state index in [9.17, 15) is 4.79 Å². The van der Waals surface area contributed by atoms with E-state index in [4.69, 9.17) is 11.6 Å². The molecule has 0 aliphatic carbocycles. The summed E-state index contributed by atoms with van der Waals surface area (Å²) in [5.74, 6) is 0. The highest BCUT2D eigenvalue weighted by molar-refractivity contribution is 7.13. The Balaban J connectivity index is 2.33. The fourth-order valence-corrected chi connectivity index (χ4v) is 2.73. The van der Waals surface area contributed by atoms with Crippen LogP contribution in [0.2, 0.25) is 5.28 Å². The maximum Gasteiger partial charge on any atom is 0.262 e. The van der Waals surface area contributed by atoms with E-state index in [1.165, 1.54) is 4.57 Å². The molecule has 90 valence electrons. The molecular formula is C13H9ClN2OS. The average molecular weight is 277 g/mol. The first-order chi connectivity index (χ1) is 8.66. The van der Waals surface area contributed by atoms with Crippen molar-refractivity contribution >= 4 is 33.8 Å². The molecule has 0 saturated carbocycles. The van der Waals surface area contributed by atoms with Gasteiger partial charge in [0.05, 0.1) is 10.9 Å². The van der Waals surface area contributed by atoms with Crippen molar-refractivity contribution < 1.29 is 0 Å². The Kier molecular flexibility index (Phi) is 2.69. The first-order valence-corrected chi connectivity index (χ1v) is 6.63. The summed E-state index contributed by atoms with van der Waals surface area (Å²) in [6, 6.07) is 9.67. The van der Waals surface area contributed by atoms with E-state index < -0.39 is 0 Å². The van der Waals surface area contributed by atoms with Gasteiger partial charge in [0.15, 0.2) is 0 Å². The lowest BCUT2D eigenvalue weighted by molar-refractivity contribution is 0.844. The zero-order chi connectivity index (χ0) is 12.7. The lowest BCUT2D eigenvalue weighted by atomic mass is 10.1. The molecule has 0 unspecified atom stereocenters. The van der Waals surface area contributed by atoms with Crippen LogP contribution in [0.25, 0.3) is 21.3 Å². The van der Waals surface area contributed by atoms with Gasteiger partial charge in [-0.05, 0) is 40.7 Å². The van der Waals surface area contributed by atoms with Gasteiger partial charge in [0.25, 0.3) is 5.56 Å². The van der Waals surface area contributed by atoms with Crippen LogP contribution < -0.4 is 5.56 Å². The van der Waals surface area contributed by atoms with E-state index in [-0.39, 0.29) is 10.8 Å². The second kappa shape index (κ2) is 4.23. The largest absolute Gasteiger partial charge is 0.286 e. The molecule has 5 heteroatoms. The monoisotopic (exact) mass is 276 g/mol. The van der Waals surface area contributed by atoms with Crippen LogP contribution >= 0.6 is 22.9 Å². The minimum Gasteiger partial charge on any atom is -0.286 e. The predicted octanol–water partition coefficient (Wildman–Crippen LogP) is 3.32. The standard InChI is InChI=1S/C13H9ClN2OS/c1-16-12(17)9-7-8(11-3-2-6-18-11)4-5-10(9)15-13(16)14/h2-7H,1H3. The summed E-state index contributed by atoms with van der Waals surface area (Å²) in [5, 5.41) is 2.81. The molecule has 2 heterocycles. The molecule has 2 aromatic heterocycles. The van der Waals surface area contributed by atoms with Gasteiger partial charge in [-0.1, -0.05) is 12.1 Å².